The Labute approximate surface area is 95.6 Å². The van der Waals surface area contributed by atoms with Crippen molar-refractivity contribution >= 4 is 8.58 Å². The van der Waals surface area contributed by atoms with Crippen LogP contribution >= 0.6 is 8.58 Å². The van der Waals surface area contributed by atoms with Gasteiger partial charge in [0.25, 0.3) is 0 Å². The largest absolute Gasteiger partial charge is 0.110 e. The molecule has 82 valence electrons. The van der Waals surface area contributed by atoms with Crippen LogP contribution in [0.3, 0.4) is 0 Å². The second kappa shape index (κ2) is 7.65. The minimum atomic E-state index is 0.572. The predicted octanol–water partition coefficient (Wildman–Crippen LogP) is 4.78. The molecule has 0 heterocycles. The second-order valence-corrected chi connectivity index (χ2v) is 5.32. The van der Waals surface area contributed by atoms with Gasteiger partial charge in [0, 0.05) is 5.66 Å². The highest BCUT2D eigenvalue weighted by molar-refractivity contribution is 7.38. The van der Waals surface area contributed by atoms with Crippen molar-refractivity contribution < 1.29 is 0 Å². The summed E-state index contributed by atoms with van der Waals surface area (Å²) >= 11 is 0. The quantitative estimate of drug-likeness (QED) is 0.352. The first-order valence-corrected chi connectivity index (χ1v) is 7.07. The predicted molar refractivity (Wildman–Crippen MR) is 72.1 cm³/mol. The van der Waals surface area contributed by atoms with E-state index in [9.17, 15) is 0 Å². The van der Waals surface area contributed by atoms with Crippen molar-refractivity contribution in [3.63, 3.8) is 0 Å². The van der Waals surface area contributed by atoms with Crippen molar-refractivity contribution in [3.8, 4) is 0 Å². The van der Waals surface area contributed by atoms with E-state index in [0.717, 1.165) is 8.58 Å². The molecule has 0 aromatic heterocycles. The van der Waals surface area contributed by atoms with Crippen LogP contribution in [0.5, 0.6) is 0 Å². The number of rotatable bonds is 7. The topological polar surface area (TPSA) is 0 Å². The molecule has 0 bridgehead atoms. The minimum Gasteiger partial charge on any atom is -0.110 e. The first-order chi connectivity index (χ1) is 7.38. The normalized spacial score (nSPS) is 13.1. The molecule has 0 nitrogen and oxygen atoms in total. The van der Waals surface area contributed by atoms with Crippen LogP contribution in [0.15, 0.2) is 43.0 Å². The molecule has 0 aliphatic rings. The maximum absolute atomic E-state index is 3.94. The van der Waals surface area contributed by atoms with Gasteiger partial charge in [0.2, 0.25) is 0 Å². The van der Waals surface area contributed by atoms with Gasteiger partial charge in [-0.25, -0.2) is 0 Å². The number of hydrogen-bond acceptors (Lipinski definition) is 0. The van der Waals surface area contributed by atoms with Crippen LogP contribution in [0, 0.1) is 0 Å². The summed E-state index contributed by atoms with van der Waals surface area (Å²) in [6, 6.07) is 10.7. The number of hydrogen-bond donors (Lipinski definition) is 0. The third-order valence-corrected chi connectivity index (χ3v) is 4.19. The zero-order valence-corrected chi connectivity index (χ0v) is 10.6. The number of allylic oxidation sites excluding steroid dienone is 1. The Bertz CT molecular complexity index is 266. The van der Waals surface area contributed by atoms with E-state index < -0.39 is 0 Å². The lowest BCUT2D eigenvalue weighted by atomic mass is 10.1. The summed E-state index contributed by atoms with van der Waals surface area (Å²) in [6.07, 6.45) is 7.49. The van der Waals surface area contributed by atoms with Gasteiger partial charge in [0.15, 0.2) is 0 Å². The number of benzene rings is 1. The summed E-state index contributed by atoms with van der Waals surface area (Å²) in [7, 11) is 0.993. The fourth-order valence-corrected chi connectivity index (χ4v) is 2.99. The standard InChI is InChI=1S/C14H21P/c1-3-5-9-12-15-14(4-2)13-10-7-6-8-11-13/h4,6-8,10-11,14-15H,2-3,5,9,12H2,1H3. The third kappa shape index (κ3) is 4.62. The molecule has 0 spiro atoms. The van der Waals surface area contributed by atoms with Crippen molar-refractivity contribution in [2.24, 2.45) is 0 Å². The Kier molecular flexibility index (Phi) is 6.36. The van der Waals surface area contributed by atoms with Crippen molar-refractivity contribution in [3.05, 3.63) is 48.6 Å². The molecule has 1 aromatic carbocycles. The van der Waals surface area contributed by atoms with E-state index in [1.54, 1.807) is 0 Å². The van der Waals surface area contributed by atoms with Crippen LogP contribution in [0.2, 0.25) is 0 Å². The first kappa shape index (κ1) is 12.5. The van der Waals surface area contributed by atoms with Crippen LogP contribution < -0.4 is 0 Å². The molecular weight excluding hydrogens is 199 g/mol. The Hall–Kier alpha value is -0.610. The smallest absolute Gasteiger partial charge is 0.0189 e. The zero-order valence-electron chi connectivity index (χ0n) is 9.58. The first-order valence-electron chi connectivity index (χ1n) is 5.79. The highest BCUT2D eigenvalue weighted by Gasteiger charge is 2.05. The van der Waals surface area contributed by atoms with Crippen LogP contribution in [0.25, 0.3) is 0 Å². The lowest BCUT2D eigenvalue weighted by Crippen LogP contribution is -1.89. The van der Waals surface area contributed by atoms with Crippen LogP contribution in [-0.4, -0.2) is 6.16 Å². The summed E-state index contributed by atoms with van der Waals surface area (Å²) in [5.41, 5.74) is 1.99. The Morgan fingerprint density at radius 2 is 2.00 bits per heavy atom. The SMILES string of the molecule is C=CC(PCCCCC)c1ccccc1. The molecule has 15 heavy (non-hydrogen) atoms. The van der Waals surface area contributed by atoms with Gasteiger partial charge in [0.1, 0.15) is 0 Å². The average Bonchev–Trinajstić information content (AvgIpc) is 2.30. The summed E-state index contributed by atoms with van der Waals surface area (Å²) in [6.45, 7) is 6.20. The van der Waals surface area contributed by atoms with Gasteiger partial charge in [-0.05, 0) is 18.1 Å². The van der Waals surface area contributed by atoms with Gasteiger partial charge in [-0.15, -0.1) is 15.2 Å². The summed E-state index contributed by atoms with van der Waals surface area (Å²) < 4.78 is 0. The van der Waals surface area contributed by atoms with Gasteiger partial charge in [-0.3, -0.25) is 0 Å². The van der Waals surface area contributed by atoms with Crippen LogP contribution in [0.1, 0.15) is 37.4 Å². The number of unbranched alkanes of at least 4 members (excludes halogenated alkanes) is 2. The Morgan fingerprint density at radius 3 is 2.60 bits per heavy atom. The van der Waals surface area contributed by atoms with Gasteiger partial charge < -0.3 is 0 Å². The van der Waals surface area contributed by atoms with E-state index in [0.29, 0.717) is 5.66 Å². The van der Waals surface area contributed by atoms with E-state index >= 15 is 0 Å². The van der Waals surface area contributed by atoms with Crippen LogP contribution in [-0.2, 0) is 0 Å². The highest BCUT2D eigenvalue weighted by Crippen LogP contribution is 2.35. The maximum Gasteiger partial charge on any atom is 0.0189 e. The molecular formula is C14H21P. The molecule has 0 saturated heterocycles. The monoisotopic (exact) mass is 220 g/mol. The molecule has 2 atom stereocenters. The lowest BCUT2D eigenvalue weighted by molar-refractivity contribution is 0.776. The van der Waals surface area contributed by atoms with Crippen molar-refractivity contribution in [1.29, 1.82) is 0 Å². The van der Waals surface area contributed by atoms with Crippen molar-refractivity contribution in [1.82, 2.24) is 0 Å². The van der Waals surface area contributed by atoms with E-state index in [2.05, 4.69) is 49.9 Å². The highest BCUT2D eigenvalue weighted by atomic mass is 31.1. The van der Waals surface area contributed by atoms with Crippen molar-refractivity contribution in [2.75, 3.05) is 6.16 Å². The van der Waals surface area contributed by atoms with Gasteiger partial charge in [-0.2, -0.15) is 0 Å². The minimum absolute atomic E-state index is 0.572. The zero-order chi connectivity index (χ0) is 10.9. The molecule has 1 rings (SSSR count). The molecule has 0 aliphatic carbocycles. The van der Waals surface area contributed by atoms with Gasteiger partial charge in [0.05, 0.1) is 0 Å². The van der Waals surface area contributed by atoms with E-state index in [4.69, 9.17) is 0 Å². The molecule has 1 heteroatoms. The summed E-state index contributed by atoms with van der Waals surface area (Å²) in [5.74, 6) is 0. The Morgan fingerprint density at radius 1 is 1.27 bits per heavy atom. The molecule has 0 radical (unpaired) electrons. The van der Waals surface area contributed by atoms with E-state index in [1.807, 2.05) is 0 Å². The molecule has 0 fully saturated rings. The lowest BCUT2D eigenvalue weighted by Gasteiger charge is -2.12. The average molecular weight is 220 g/mol. The molecule has 0 amide bonds. The Balaban J connectivity index is 2.39. The fraction of sp³-hybridized carbons (Fsp3) is 0.429. The summed E-state index contributed by atoms with van der Waals surface area (Å²) in [4.78, 5) is 0. The molecule has 1 aromatic rings. The van der Waals surface area contributed by atoms with Crippen LogP contribution in [0.4, 0.5) is 0 Å². The second-order valence-electron chi connectivity index (χ2n) is 3.79. The van der Waals surface area contributed by atoms with E-state index in [1.165, 1.54) is 31.0 Å². The van der Waals surface area contributed by atoms with Crippen molar-refractivity contribution in [2.45, 2.75) is 31.8 Å². The van der Waals surface area contributed by atoms with Gasteiger partial charge >= 0.3 is 0 Å². The van der Waals surface area contributed by atoms with E-state index in [-0.39, 0.29) is 0 Å². The fourth-order valence-electron chi connectivity index (χ4n) is 1.63. The molecule has 0 N–H and O–H groups in total. The molecule has 0 saturated carbocycles. The molecule has 0 aliphatic heterocycles. The summed E-state index contributed by atoms with van der Waals surface area (Å²) in [5, 5.41) is 0. The molecule has 2 unspecified atom stereocenters. The third-order valence-electron chi connectivity index (χ3n) is 2.54. The van der Waals surface area contributed by atoms with Gasteiger partial charge in [-0.1, -0.05) is 56.2 Å². The maximum atomic E-state index is 3.94.